The maximum Gasteiger partial charge on any atom is 0.332 e. The van der Waals surface area contributed by atoms with Crippen LogP contribution >= 0.6 is 0 Å². The number of aliphatic hydroxyl groups is 1. The van der Waals surface area contributed by atoms with E-state index in [9.17, 15) is 30.0 Å². The number of aromatic hydroxyl groups is 3. The second kappa shape index (κ2) is 13.4. The van der Waals surface area contributed by atoms with Crippen LogP contribution in [0.1, 0.15) is 129 Å². The second-order valence-corrected chi connectivity index (χ2v) is 17.6. The molecule has 3 aromatic carbocycles. The number of rotatable bonds is 6. The summed E-state index contributed by atoms with van der Waals surface area (Å²) < 4.78 is 0. The van der Waals surface area contributed by atoms with E-state index in [1.54, 1.807) is 20.8 Å². The van der Waals surface area contributed by atoms with Gasteiger partial charge in [0.05, 0.1) is 19.6 Å². The number of benzene rings is 3. The fourth-order valence-electron chi connectivity index (χ4n) is 7.17. The van der Waals surface area contributed by atoms with Gasteiger partial charge in [-0.25, -0.2) is 14.5 Å². The van der Waals surface area contributed by atoms with Crippen molar-refractivity contribution in [2.75, 3.05) is 0 Å². The molecule has 4 amide bonds. The van der Waals surface area contributed by atoms with E-state index in [1.165, 1.54) is 9.80 Å². The normalized spacial score (nSPS) is 15.0. The summed E-state index contributed by atoms with van der Waals surface area (Å²) in [6.07, 6.45) is -1.65. The molecule has 0 radical (unpaired) electrons. The van der Waals surface area contributed by atoms with Crippen LogP contribution in [0.4, 0.5) is 9.59 Å². The largest absolute Gasteiger partial charge is 0.507 e. The molecule has 0 bridgehead atoms. The number of phenolic OH excluding ortho intramolecular Hbond substituents is 3. The van der Waals surface area contributed by atoms with Gasteiger partial charge in [0.2, 0.25) is 6.35 Å². The zero-order valence-corrected chi connectivity index (χ0v) is 33.4. The van der Waals surface area contributed by atoms with Crippen molar-refractivity contribution in [1.29, 1.82) is 0 Å². The summed E-state index contributed by atoms with van der Waals surface area (Å²) in [6.45, 7) is 29.0. The third-order valence-corrected chi connectivity index (χ3v) is 10.6. The molecule has 0 unspecified atom stereocenters. The van der Waals surface area contributed by atoms with Crippen LogP contribution in [0.25, 0.3) is 0 Å². The lowest BCUT2D eigenvalue weighted by molar-refractivity contribution is -0.101. The molecule has 1 heterocycles. The minimum absolute atomic E-state index is 0.0751. The summed E-state index contributed by atoms with van der Waals surface area (Å²) in [4.78, 5) is 32.5. The Bertz CT molecular complexity index is 1790. The molecule has 0 saturated carbocycles. The zero-order chi connectivity index (χ0) is 38.9. The first-order valence-corrected chi connectivity index (χ1v) is 17.7. The van der Waals surface area contributed by atoms with Gasteiger partial charge in [0.1, 0.15) is 17.2 Å². The Morgan fingerprint density at radius 3 is 1.02 bits per heavy atom. The van der Waals surface area contributed by atoms with Gasteiger partial charge in [0.15, 0.2) is 0 Å². The van der Waals surface area contributed by atoms with Crippen LogP contribution < -0.4 is 0 Å². The Labute approximate surface area is 304 Å². The quantitative estimate of drug-likeness (QED) is 0.204. The summed E-state index contributed by atoms with van der Waals surface area (Å²) in [5.74, 6) is 0.386. The monoisotopic (exact) mass is 701 g/mol. The fraction of sp³-hybridized carbons (Fsp3) is 0.524. The summed E-state index contributed by atoms with van der Waals surface area (Å²) in [6, 6.07) is 4.34. The second-order valence-electron chi connectivity index (χ2n) is 17.6. The molecule has 0 spiro atoms. The highest BCUT2D eigenvalue weighted by molar-refractivity contribution is 5.96. The molecule has 1 aliphatic rings. The lowest BCUT2D eigenvalue weighted by atomic mass is 9.82. The molecule has 4 rings (SSSR count). The van der Waals surface area contributed by atoms with E-state index in [0.717, 1.165) is 38.3 Å². The molecule has 1 saturated heterocycles. The molecule has 9 nitrogen and oxygen atoms in total. The predicted molar refractivity (Wildman–Crippen MR) is 202 cm³/mol. The van der Waals surface area contributed by atoms with Gasteiger partial charge in [-0.1, -0.05) is 80.5 Å². The number of urea groups is 2. The van der Waals surface area contributed by atoms with Crippen molar-refractivity contribution in [2.24, 2.45) is 0 Å². The minimum Gasteiger partial charge on any atom is -0.507 e. The van der Waals surface area contributed by atoms with E-state index in [4.69, 9.17) is 0 Å². The average Bonchev–Trinajstić information content (AvgIpc) is 2.99. The Hall–Kier alpha value is -4.24. The van der Waals surface area contributed by atoms with Gasteiger partial charge < -0.3 is 20.4 Å². The van der Waals surface area contributed by atoms with Crippen molar-refractivity contribution in [3.05, 3.63) is 85.0 Å². The van der Waals surface area contributed by atoms with Crippen molar-refractivity contribution >= 4 is 12.1 Å². The number of aryl methyl sites for hydroxylation is 3. The Morgan fingerprint density at radius 1 is 0.510 bits per heavy atom. The molecule has 51 heavy (non-hydrogen) atoms. The van der Waals surface area contributed by atoms with Crippen LogP contribution in [0, 0.1) is 41.5 Å². The SMILES string of the molecule is Cc1cc(C(C)(C)C)c(O)c(C)c1CN1C(=O)N(Cc2c(C)cc(C(C)(C)C)c(O)c2C)C(O)N(Cc2c(C)cc(C(C)(C)C)c(O)c2C)C1=O. The van der Waals surface area contributed by atoms with Crippen molar-refractivity contribution in [3.8, 4) is 17.2 Å². The maximum absolute atomic E-state index is 14.4. The molecule has 3 aromatic rings. The van der Waals surface area contributed by atoms with Crippen molar-refractivity contribution < 1.29 is 30.0 Å². The first-order chi connectivity index (χ1) is 23.2. The number of imide groups is 1. The van der Waals surface area contributed by atoms with Gasteiger partial charge in [-0.15, -0.1) is 0 Å². The maximum atomic E-state index is 14.4. The summed E-state index contributed by atoms with van der Waals surface area (Å²) in [5, 5.41) is 45.8. The lowest BCUT2D eigenvalue weighted by Crippen LogP contribution is -2.65. The number of phenols is 3. The molecule has 1 fully saturated rings. The zero-order valence-electron chi connectivity index (χ0n) is 33.4. The van der Waals surface area contributed by atoms with Gasteiger partial charge in [-0.3, -0.25) is 9.80 Å². The van der Waals surface area contributed by atoms with E-state index < -0.39 is 18.4 Å². The third-order valence-electron chi connectivity index (χ3n) is 10.6. The smallest absolute Gasteiger partial charge is 0.332 e. The summed E-state index contributed by atoms with van der Waals surface area (Å²) in [5.41, 5.74) is 7.58. The summed E-state index contributed by atoms with van der Waals surface area (Å²) >= 11 is 0. The number of carbonyl (C=O) groups is 2. The van der Waals surface area contributed by atoms with Crippen LogP contribution in [0.5, 0.6) is 17.2 Å². The molecule has 1 aliphatic heterocycles. The van der Waals surface area contributed by atoms with Crippen molar-refractivity contribution in [1.82, 2.24) is 14.7 Å². The predicted octanol–water partition coefficient (Wildman–Crippen LogP) is 8.88. The molecule has 0 atom stereocenters. The first-order valence-electron chi connectivity index (χ1n) is 17.7. The molecule has 9 heteroatoms. The summed E-state index contributed by atoms with van der Waals surface area (Å²) in [7, 11) is 0. The minimum atomic E-state index is -1.65. The van der Waals surface area contributed by atoms with E-state index in [1.807, 2.05) is 101 Å². The number of nitrogens with zero attached hydrogens (tertiary/aromatic N) is 3. The molecule has 0 aliphatic carbocycles. The Kier molecular flexibility index (Phi) is 10.4. The van der Waals surface area contributed by atoms with Crippen LogP contribution in [0.2, 0.25) is 0 Å². The van der Waals surface area contributed by atoms with Crippen LogP contribution in [0.3, 0.4) is 0 Å². The van der Waals surface area contributed by atoms with E-state index in [2.05, 4.69) is 0 Å². The number of hydrogen-bond donors (Lipinski definition) is 4. The van der Waals surface area contributed by atoms with Crippen LogP contribution in [0.15, 0.2) is 18.2 Å². The van der Waals surface area contributed by atoms with Gasteiger partial charge in [-0.05, 0) is 125 Å². The van der Waals surface area contributed by atoms with Crippen molar-refractivity contribution in [3.63, 3.8) is 0 Å². The van der Waals surface area contributed by atoms with Gasteiger partial charge in [0, 0.05) is 0 Å². The number of hydrogen-bond acceptors (Lipinski definition) is 6. The fourth-order valence-corrected chi connectivity index (χ4v) is 7.17. The number of carbonyl (C=O) groups excluding carboxylic acids is 2. The van der Waals surface area contributed by atoms with Gasteiger partial charge in [0.25, 0.3) is 0 Å². The lowest BCUT2D eigenvalue weighted by Gasteiger charge is -2.45. The highest BCUT2D eigenvalue weighted by atomic mass is 16.3. The number of aliphatic hydroxyl groups excluding tert-OH is 1. The highest BCUT2D eigenvalue weighted by Gasteiger charge is 2.45. The van der Waals surface area contributed by atoms with E-state index >= 15 is 0 Å². The average molecular weight is 702 g/mol. The highest BCUT2D eigenvalue weighted by Crippen LogP contribution is 2.41. The van der Waals surface area contributed by atoms with E-state index in [-0.39, 0.29) is 53.1 Å². The topological polar surface area (TPSA) is 125 Å². The molecular formula is C42H59N3O6. The van der Waals surface area contributed by atoms with Crippen LogP contribution in [-0.4, -0.2) is 53.5 Å². The Morgan fingerprint density at radius 2 is 0.765 bits per heavy atom. The van der Waals surface area contributed by atoms with E-state index in [0.29, 0.717) is 33.4 Å². The van der Waals surface area contributed by atoms with Gasteiger partial charge in [-0.2, -0.15) is 0 Å². The molecule has 4 N–H and O–H groups in total. The third kappa shape index (κ3) is 7.27. The van der Waals surface area contributed by atoms with Crippen molar-refractivity contribution in [2.45, 2.75) is 146 Å². The molecule has 0 aromatic heterocycles. The van der Waals surface area contributed by atoms with Gasteiger partial charge >= 0.3 is 12.1 Å². The number of amides is 4. The molecule has 278 valence electrons. The standard InChI is InChI=1S/C42H59N3O6/c1-22-16-31(40(7,8)9)34(46)25(4)28(22)19-43-37(49)44(20-29-23(2)17-32(41(10,11)12)35(47)26(29)5)39(51)45(38(43)50)21-30-24(3)18-33(42(13,14)15)36(48)27(30)6/h16-18,37,46-49H,19-21H2,1-15H3. The molecular weight excluding hydrogens is 642 g/mol. The Balaban J connectivity index is 1.88. The first kappa shape index (κ1) is 39.5. The van der Waals surface area contributed by atoms with Crippen LogP contribution in [-0.2, 0) is 35.9 Å².